The molecule has 0 unspecified atom stereocenters. The molecular formula is C10H11F3N2O2. The topological polar surface area (TPSA) is 79.3 Å². The second kappa shape index (κ2) is 5.05. The molecule has 0 heterocycles. The molecule has 94 valence electrons. The molecule has 0 aromatic heterocycles. The third-order valence-electron chi connectivity index (χ3n) is 1.95. The minimum atomic E-state index is -4.61. The number of hydrogen-bond acceptors (Lipinski definition) is 3. The van der Waals surface area contributed by atoms with Crippen molar-refractivity contribution in [1.82, 2.24) is 0 Å². The van der Waals surface area contributed by atoms with Crippen LogP contribution in [0, 0.1) is 5.41 Å². The number of aliphatic hydroxyl groups excluding tert-OH is 1. The lowest BCUT2D eigenvalue weighted by Crippen LogP contribution is -2.19. The molecule has 4 N–H and O–H groups in total. The molecule has 0 radical (unpaired) electrons. The number of aliphatic hydroxyl groups is 1. The molecule has 0 spiro atoms. The Balaban J connectivity index is 3.15. The Kier molecular flexibility index (Phi) is 3.95. The van der Waals surface area contributed by atoms with Gasteiger partial charge in [0.05, 0.1) is 12.2 Å². The van der Waals surface area contributed by atoms with Gasteiger partial charge < -0.3 is 15.6 Å². The Bertz CT molecular complexity index is 419. The summed E-state index contributed by atoms with van der Waals surface area (Å²) in [5, 5.41) is 15.6. The van der Waals surface area contributed by atoms with Crippen molar-refractivity contribution >= 4 is 5.84 Å². The number of amidine groups is 1. The minimum absolute atomic E-state index is 0.0311. The molecule has 1 rings (SSSR count). The first kappa shape index (κ1) is 13.3. The largest absolute Gasteiger partial charge is 0.491 e. The van der Waals surface area contributed by atoms with Gasteiger partial charge in [-0.15, -0.1) is 0 Å². The molecule has 0 bridgehead atoms. The van der Waals surface area contributed by atoms with E-state index in [9.17, 15) is 13.2 Å². The van der Waals surface area contributed by atoms with Gasteiger partial charge in [-0.3, -0.25) is 5.41 Å². The van der Waals surface area contributed by atoms with E-state index in [1.54, 1.807) is 0 Å². The summed E-state index contributed by atoms with van der Waals surface area (Å²) in [5.74, 6) is -0.692. The van der Waals surface area contributed by atoms with E-state index in [0.29, 0.717) is 0 Å². The van der Waals surface area contributed by atoms with E-state index in [0.717, 1.165) is 12.1 Å². The normalized spacial score (nSPS) is 11.3. The van der Waals surface area contributed by atoms with Crippen LogP contribution in [0.2, 0.25) is 0 Å². The number of ether oxygens (including phenoxy) is 1. The van der Waals surface area contributed by atoms with Gasteiger partial charge in [-0.25, -0.2) is 0 Å². The fourth-order valence-corrected chi connectivity index (χ4v) is 1.25. The molecule has 0 saturated heterocycles. The fraction of sp³-hybridized carbons (Fsp3) is 0.300. The van der Waals surface area contributed by atoms with E-state index in [1.807, 2.05) is 0 Å². The predicted octanol–water partition coefficient (Wildman–Crippen LogP) is 1.36. The van der Waals surface area contributed by atoms with Crippen LogP contribution in [0.5, 0.6) is 5.75 Å². The summed E-state index contributed by atoms with van der Waals surface area (Å²) in [6, 6.07) is 3.09. The van der Waals surface area contributed by atoms with Crippen LogP contribution in [-0.4, -0.2) is 24.2 Å². The summed E-state index contributed by atoms with van der Waals surface area (Å²) in [5.41, 5.74) is 3.64. The van der Waals surface area contributed by atoms with Crippen molar-refractivity contribution in [2.45, 2.75) is 6.18 Å². The third-order valence-corrected chi connectivity index (χ3v) is 1.95. The van der Waals surface area contributed by atoms with Gasteiger partial charge in [0.25, 0.3) is 0 Å². The molecule has 7 heteroatoms. The lowest BCUT2D eigenvalue weighted by molar-refractivity contribution is -0.137. The molecule has 17 heavy (non-hydrogen) atoms. The maximum Gasteiger partial charge on any atom is 0.417 e. The maximum atomic E-state index is 12.7. The zero-order valence-electron chi connectivity index (χ0n) is 8.71. The number of hydrogen-bond donors (Lipinski definition) is 3. The van der Waals surface area contributed by atoms with Crippen molar-refractivity contribution in [2.24, 2.45) is 5.73 Å². The first-order valence-corrected chi connectivity index (χ1v) is 4.65. The average Bonchev–Trinajstić information content (AvgIpc) is 2.24. The van der Waals surface area contributed by atoms with Crippen molar-refractivity contribution in [3.05, 3.63) is 29.3 Å². The molecule has 0 amide bonds. The number of halogens is 3. The van der Waals surface area contributed by atoms with E-state index < -0.39 is 23.1 Å². The van der Waals surface area contributed by atoms with Gasteiger partial charge in [0.15, 0.2) is 0 Å². The van der Waals surface area contributed by atoms with Crippen LogP contribution >= 0.6 is 0 Å². The third kappa shape index (κ3) is 3.35. The highest BCUT2D eigenvalue weighted by Gasteiger charge is 2.34. The first-order chi connectivity index (χ1) is 7.86. The number of nitrogens with two attached hydrogens (primary N) is 1. The maximum absolute atomic E-state index is 12.7. The monoisotopic (exact) mass is 248 g/mol. The fourth-order valence-electron chi connectivity index (χ4n) is 1.25. The second-order valence-corrected chi connectivity index (χ2v) is 3.19. The van der Waals surface area contributed by atoms with E-state index in [1.165, 1.54) is 6.07 Å². The zero-order chi connectivity index (χ0) is 13.1. The van der Waals surface area contributed by atoms with E-state index in [4.69, 9.17) is 21.0 Å². The Morgan fingerprint density at radius 1 is 1.41 bits per heavy atom. The second-order valence-electron chi connectivity index (χ2n) is 3.19. The lowest BCUT2D eigenvalue weighted by atomic mass is 10.1. The zero-order valence-corrected chi connectivity index (χ0v) is 8.71. The van der Waals surface area contributed by atoms with Crippen LogP contribution < -0.4 is 10.5 Å². The van der Waals surface area contributed by atoms with Crippen LogP contribution in [0.25, 0.3) is 0 Å². The number of nitrogen functional groups attached to an aromatic ring is 1. The molecule has 0 saturated carbocycles. The average molecular weight is 248 g/mol. The Morgan fingerprint density at radius 2 is 2.06 bits per heavy atom. The predicted molar refractivity (Wildman–Crippen MR) is 55.0 cm³/mol. The number of alkyl halides is 3. The Morgan fingerprint density at radius 3 is 2.53 bits per heavy atom. The van der Waals surface area contributed by atoms with Crippen LogP contribution in [0.3, 0.4) is 0 Å². The number of nitrogens with one attached hydrogen (secondary N) is 1. The molecule has 0 fully saturated rings. The van der Waals surface area contributed by atoms with Gasteiger partial charge in [0.2, 0.25) is 0 Å². The van der Waals surface area contributed by atoms with Crippen molar-refractivity contribution in [3.8, 4) is 5.75 Å². The summed E-state index contributed by atoms with van der Waals surface area (Å²) in [7, 11) is 0. The number of rotatable bonds is 4. The Hall–Kier alpha value is -1.76. The molecular weight excluding hydrogens is 237 g/mol. The van der Waals surface area contributed by atoms with Crippen LogP contribution in [-0.2, 0) is 6.18 Å². The summed E-state index contributed by atoms with van der Waals surface area (Å²) in [6.45, 7) is -0.396. The number of benzene rings is 1. The molecule has 4 nitrogen and oxygen atoms in total. The van der Waals surface area contributed by atoms with Crippen molar-refractivity contribution in [2.75, 3.05) is 13.2 Å². The highest BCUT2D eigenvalue weighted by molar-refractivity contribution is 5.96. The summed E-state index contributed by atoms with van der Waals surface area (Å²) in [6.07, 6.45) is -4.61. The van der Waals surface area contributed by atoms with Crippen molar-refractivity contribution in [3.63, 3.8) is 0 Å². The van der Waals surface area contributed by atoms with Gasteiger partial charge in [-0.05, 0) is 18.2 Å². The first-order valence-electron chi connectivity index (χ1n) is 4.65. The SMILES string of the molecule is N=C(N)c1ccc(OCCO)cc1C(F)(F)F. The lowest BCUT2D eigenvalue weighted by Gasteiger charge is -2.13. The minimum Gasteiger partial charge on any atom is -0.491 e. The van der Waals surface area contributed by atoms with E-state index >= 15 is 0 Å². The van der Waals surface area contributed by atoms with E-state index in [-0.39, 0.29) is 19.0 Å². The molecule has 0 atom stereocenters. The summed E-state index contributed by atoms with van der Waals surface area (Å²) < 4.78 is 42.8. The molecule has 0 aliphatic carbocycles. The summed E-state index contributed by atoms with van der Waals surface area (Å²) >= 11 is 0. The highest BCUT2D eigenvalue weighted by Crippen LogP contribution is 2.34. The van der Waals surface area contributed by atoms with E-state index in [2.05, 4.69) is 0 Å². The smallest absolute Gasteiger partial charge is 0.417 e. The van der Waals surface area contributed by atoms with Crippen molar-refractivity contribution < 1.29 is 23.0 Å². The summed E-state index contributed by atoms with van der Waals surface area (Å²) in [4.78, 5) is 0. The van der Waals surface area contributed by atoms with Gasteiger partial charge in [-0.2, -0.15) is 13.2 Å². The standard InChI is InChI=1S/C10H11F3N2O2/c11-10(12,13)8-5-6(17-4-3-16)1-2-7(8)9(14)15/h1-2,5,16H,3-4H2,(H3,14,15). The van der Waals surface area contributed by atoms with Crippen LogP contribution in [0.1, 0.15) is 11.1 Å². The van der Waals surface area contributed by atoms with Gasteiger partial charge in [-0.1, -0.05) is 0 Å². The van der Waals surface area contributed by atoms with Crippen LogP contribution in [0.15, 0.2) is 18.2 Å². The van der Waals surface area contributed by atoms with Crippen molar-refractivity contribution in [1.29, 1.82) is 5.41 Å². The van der Waals surface area contributed by atoms with Crippen LogP contribution in [0.4, 0.5) is 13.2 Å². The molecule has 1 aromatic carbocycles. The molecule has 0 aliphatic heterocycles. The molecule has 0 aliphatic rings. The highest BCUT2D eigenvalue weighted by atomic mass is 19.4. The Labute approximate surface area is 95.3 Å². The van der Waals surface area contributed by atoms with Gasteiger partial charge in [0.1, 0.15) is 18.2 Å². The van der Waals surface area contributed by atoms with Gasteiger partial charge in [0, 0.05) is 5.56 Å². The quantitative estimate of drug-likeness (QED) is 0.556. The molecule has 1 aromatic rings. The van der Waals surface area contributed by atoms with Gasteiger partial charge >= 0.3 is 6.18 Å².